The number of carbonyl (C=O) groups excluding carboxylic acids is 1. The minimum atomic E-state index is 0.0705. The molecule has 0 radical (unpaired) electrons. The average molecular weight is 306 g/mol. The van der Waals surface area contributed by atoms with Gasteiger partial charge in [0, 0.05) is 37.3 Å². The molecular weight excluding hydrogens is 284 g/mol. The van der Waals surface area contributed by atoms with E-state index in [-0.39, 0.29) is 11.9 Å². The first-order chi connectivity index (χ1) is 9.91. The van der Waals surface area contributed by atoms with Crippen LogP contribution in [-0.2, 0) is 18.3 Å². The first kappa shape index (κ1) is 15.7. The van der Waals surface area contributed by atoms with E-state index in [0.717, 1.165) is 22.7 Å². The standard InChI is InChI=1S/C15H22N4OS/c1-10-13(11(2)19(5)17-10)6-7-15(20)18(4)12(3)14-8-16-9-21-14/h8-9,12H,6-7H2,1-5H3/t12-/m0/s1. The zero-order chi connectivity index (χ0) is 15.6. The highest BCUT2D eigenvalue weighted by Crippen LogP contribution is 2.23. The van der Waals surface area contributed by atoms with E-state index in [0.29, 0.717) is 6.42 Å². The fourth-order valence-electron chi connectivity index (χ4n) is 2.43. The van der Waals surface area contributed by atoms with Crippen LogP contribution in [0.4, 0.5) is 0 Å². The molecule has 2 aromatic rings. The molecule has 0 spiro atoms. The molecule has 0 bridgehead atoms. The van der Waals surface area contributed by atoms with E-state index in [1.165, 1.54) is 5.56 Å². The van der Waals surface area contributed by atoms with Crippen molar-refractivity contribution in [1.82, 2.24) is 19.7 Å². The smallest absolute Gasteiger partial charge is 0.223 e. The van der Waals surface area contributed by atoms with Crippen LogP contribution in [0.1, 0.15) is 41.2 Å². The summed E-state index contributed by atoms with van der Waals surface area (Å²) in [5.41, 5.74) is 5.14. The summed E-state index contributed by atoms with van der Waals surface area (Å²) in [6, 6.07) is 0.0705. The molecule has 0 aliphatic rings. The fourth-order valence-corrected chi connectivity index (χ4v) is 3.15. The van der Waals surface area contributed by atoms with Crippen molar-refractivity contribution in [2.45, 2.75) is 39.7 Å². The number of carbonyl (C=O) groups is 1. The number of hydrogen-bond acceptors (Lipinski definition) is 4. The van der Waals surface area contributed by atoms with E-state index < -0.39 is 0 Å². The van der Waals surface area contributed by atoms with Crippen LogP contribution in [0, 0.1) is 13.8 Å². The molecule has 0 unspecified atom stereocenters. The molecule has 5 nitrogen and oxygen atoms in total. The quantitative estimate of drug-likeness (QED) is 0.853. The van der Waals surface area contributed by atoms with Crippen molar-refractivity contribution in [2.24, 2.45) is 7.05 Å². The molecule has 0 aliphatic carbocycles. The number of aromatic nitrogens is 3. The Labute approximate surface area is 129 Å². The highest BCUT2D eigenvalue weighted by Gasteiger charge is 2.19. The van der Waals surface area contributed by atoms with Gasteiger partial charge < -0.3 is 4.90 Å². The van der Waals surface area contributed by atoms with Crippen LogP contribution < -0.4 is 0 Å². The van der Waals surface area contributed by atoms with Crippen LogP contribution in [0.25, 0.3) is 0 Å². The SMILES string of the molecule is Cc1nn(C)c(C)c1CCC(=O)N(C)[C@@H](C)c1cncs1. The summed E-state index contributed by atoms with van der Waals surface area (Å²) in [6.07, 6.45) is 3.08. The Kier molecular flexibility index (Phi) is 4.77. The normalized spacial score (nSPS) is 12.4. The van der Waals surface area contributed by atoms with Gasteiger partial charge in [0.1, 0.15) is 0 Å². The van der Waals surface area contributed by atoms with Crippen LogP contribution >= 0.6 is 11.3 Å². The van der Waals surface area contributed by atoms with Crippen LogP contribution in [0.2, 0.25) is 0 Å². The maximum atomic E-state index is 12.4. The zero-order valence-corrected chi connectivity index (χ0v) is 14.1. The second-order valence-electron chi connectivity index (χ2n) is 5.36. The monoisotopic (exact) mass is 306 g/mol. The summed E-state index contributed by atoms with van der Waals surface area (Å²) in [7, 11) is 3.79. The highest BCUT2D eigenvalue weighted by molar-refractivity contribution is 7.09. The lowest BCUT2D eigenvalue weighted by Crippen LogP contribution is -2.29. The van der Waals surface area contributed by atoms with Gasteiger partial charge in [-0.05, 0) is 32.8 Å². The van der Waals surface area contributed by atoms with Crippen molar-refractivity contribution in [3.05, 3.63) is 33.5 Å². The highest BCUT2D eigenvalue weighted by atomic mass is 32.1. The summed E-state index contributed by atoms with van der Waals surface area (Å²) in [6.45, 7) is 6.08. The third-order valence-corrected chi connectivity index (χ3v) is 5.03. The van der Waals surface area contributed by atoms with Gasteiger partial charge in [-0.2, -0.15) is 5.10 Å². The first-order valence-corrected chi connectivity index (χ1v) is 7.93. The van der Waals surface area contributed by atoms with E-state index in [9.17, 15) is 4.79 Å². The lowest BCUT2D eigenvalue weighted by molar-refractivity contribution is -0.131. The summed E-state index contributed by atoms with van der Waals surface area (Å²) < 4.78 is 1.87. The van der Waals surface area contributed by atoms with E-state index in [4.69, 9.17) is 0 Å². The predicted octanol–water partition coefficient (Wildman–Crippen LogP) is 2.65. The minimum Gasteiger partial charge on any atom is -0.338 e. The number of thiazole rings is 1. The van der Waals surface area contributed by atoms with Crippen molar-refractivity contribution >= 4 is 17.2 Å². The molecule has 0 saturated carbocycles. The minimum absolute atomic E-state index is 0.0705. The fraction of sp³-hybridized carbons (Fsp3) is 0.533. The third kappa shape index (κ3) is 3.32. The summed E-state index contributed by atoms with van der Waals surface area (Å²) in [4.78, 5) is 19.4. The largest absolute Gasteiger partial charge is 0.338 e. The molecule has 0 aliphatic heterocycles. The zero-order valence-electron chi connectivity index (χ0n) is 13.3. The second kappa shape index (κ2) is 6.39. The van der Waals surface area contributed by atoms with Crippen molar-refractivity contribution in [3.8, 4) is 0 Å². The van der Waals surface area contributed by atoms with Crippen LogP contribution in [0.5, 0.6) is 0 Å². The Hall–Kier alpha value is -1.69. The van der Waals surface area contributed by atoms with E-state index in [1.54, 1.807) is 21.7 Å². The van der Waals surface area contributed by atoms with Gasteiger partial charge >= 0.3 is 0 Å². The molecule has 2 heterocycles. The Morgan fingerprint density at radius 2 is 2.19 bits per heavy atom. The van der Waals surface area contributed by atoms with Crippen molar-refractivity contribution in [2.75, 3.05) is 7.05 Å². The number of nitrogens with zero attached hydrogens (tertiary/aromatic N) is 4. The van der Waals surface area contributed by atoms with E-state index >= 15 is 0 Å². The Morgan fingerprint density at radius 3 is 2.71 bits per heavy atom. The molecule has 114 valence electrons. The Balaban J connectivity index is 1.98. The number of rotatable bonds is 5. The first-order valence-electron chi connectivity index (χ1n) is 7.05. The predicted molar refractivity (Wildman–Crippen MR) is 84.3 cm³/mol. The molecule has 2 aromatic heterocycles. The molecule has 2 rings (SSSR count). The summed E-state index contributed by atoms with van der Waals surface area (Å²) >= 11 is 1.58. The van der Waals surface area contributed by atoms with Crippen LogP contribution in [0.15, 0.2) is 11.7 Å². The molecule has 0 N–H and O–H groups in total. The van der Waals surface area contributed by atoms with Crippen molar-refractivity contribution < 1.29 is 4.79 Å². The van der Waals surface area contributed by atoms with Gasteiger partial charge in [-0.3, -0.25) is 14.5 Å². The van der Waals surface area contributed by atoms with Gasteiger partial charge in [0.25, 0.3) is 0 Å². The van der Waals surface area contributed by atoms with Gasteiger partial charge in [-0.1, -0.05) is 0 Å². The number of amides is 1. The van der Waals surface area contributed by atoms with Crippen LogP contribution in [-0.4, -0.2) is 32.6 Å². The molecule has 0 aromatic carbocycles. The molecular formula is C15H22N4OS. The molecule has 0 saturated heterocycles. The lowest BCUT2D eigenvalue weighted by atomic mass is 10.1. The molecule has 6 heteroatoms. The van der Waals surface area contributed by atoms with E-state index in [1.807, 2.05) is 45.7 Å². The maximum Gasteiger partial charge on any atom is 0.223 e. The van der Waals surface area contributed by atoms with Gasteiger partial charge in [-0.15, -0.1) is 11.3 Å². The third-order valence-electron chi connectivity index (χ3n) is 4.09. The van der Waals surface area contributed by atoms with Gasteiger partial charge in [0.05, 0.1) is 17.2 Å². The van der Waals surface area contributed by atoms with Crippen LogP contribution in [0.3, 0.4) is 0 Å². The lowest BCUT2D eigenvalue weighted by Gasteiger charge is -2.23. The topological polar surface area (TPSA) is 51.0 Å². The molecule has 0 fully saturated rings. The van der Waals surface area contributed by atoms with Crippen molar-refractivity contribution in [3.63, 3.8) is 0 Å². The van der Waals surface area contributed by atoms with Gasteiger partial charge in [0.15, 0.2) is 0 Å². The van der Waals surface area contributed by atoms with Gasteiger partial charge in [0.2, 0.25) is 5.91 Å². The molecule has 21 heavy (non-hydrogen) atoms. The summed E-state index contributed by atoms with van der Waals surface area (Å²) in [5.74, 6) is 0.151. The second-order valence-corrected chi connectivity index (χ2v) is 6.28. The maximum absolute atomic E-state index is 12.4. The average Bonchev–Trinajstić information content (AvgIpc) is 3.06. The Bertz CT molecular complexity index is 618. The Morgan fingerprint density at radius 1 is 1.48 bits per heavy atom. The summed E-state index contributed by atoms with van der Waals surface area (Å²) in [5, 5.41) is 4.39. The molecule has 1 amide bonds. The van der Waals surface area contributed by atoms with Gasteiger partial charge in [-0.25, -0.2) is 0 Å². The van der Waals surface area contributed by atoms with E-state index in [2.05, 4.69) is 10.1 Å². The number of hydrogen-bond donors (Lipinski definition) is 0. The van der Waals surface area contributed by atoms with Crippen molar-refractivity contribution in [1.29, 1.82) is 0 Å². The molecule has 1 atom stereocenters. The number of aryl methyl sites for hydroxylation is 2.